The van der Waals surface area contributed by atoms with Crippen LogP contribution >= 0.6 is 11.3 Å². The lowest BCUT2D eigenvalue weighted by Crippen LogP contribution is -2.49. The summed E-state index contributed by atoms with van der Waals surface area (Å²) >= 11 is 1.67. The number of rotatable bonds is 4. The second-order valence-corrected chi connectivity index (χ2v) is 7.74. The summed E-state index contributed by atoms with van der Waals surface area (Å²) in [6.07, 6.45) is 0. The van der Waals surface area contributed by atoms with Gasteiger partial charge in [-0.15, -0.1) is 11.3 Å². The van der Waals surface area contributed by atoms with Crippen LogP contribution in [0.1, 0.15) is 17.6 Å². The van der Waals surface area contributed by atoms with Gasteiger partial charge in [0.2, 0.25) is 5.91 Å². The molecule has 1 aromatic heterocycles. The number of aromatic nitrogens is 1. The molecule has 1 aliphatic rings. The monoisotopic (exact) mass is 387 g/mol. The smallest absolute Gasteiger partial charge is 0.321 e. The zero-order valence-electron chi connectivity index (χ0n) is 15.9. The molecule has 0 aliphatic carbocycles. The summed E-state index contributed by atoms with van der Waals surface area (Å²) in [4.78, 5) is 34.1. The molecule has 0 spiro atoms. The van der Waals surface area contributed by atoms with E-state index < -0.39 is 0 Å². The number of piperazine rings is 1. The first-order valence-electron chi connectivity index (χ1n) is 8.96. The summed E-state index contributed by atoms with van der Waals surface area (Å²) < 4.78 is 0. The minimum absolute atomic E-state index is 0.0301. The molecule has 1 aromatic carbocycles. The van der Waals surface area contributed by atoms with E-state index in [1.54, 1.807) is 23.3 Å². The molecule has 7 nitrogen and oxygen atoms in total. The fourth-order valence-corrected chi connectivity index (χ4v) is 3.58. The normalized spacial score (nSPS) is 14.9. The van der Waals surface area contributed by atoms with Crippen LogP contribution in [0.5, 0.6) is 0 Å². The van der Waals surface area contributed by atoms with Crippen LogP contribution in [0, 0.1) is 6.92 Å². The molecular formula is C19H25N5O2S. The van der Waals surface area contributed by atoms with Gasteiger partial charge in [-0.3, -0.25) is 9.69 Å². The van der Waals surface area contributed by atoms with E-state index in [1.165, 1.54) is 6.92 Å². The van der Waals surface area contributed by atoms with Crippen LogP contribution in [0.4, 0.5) is 16.2 Å². The van der Waals surface area contributed by atoms with Crippen LogP contribution in [-0.4, -0.2) is 59.9 Å². The highest BCUT2D eigenvalue weighted by Gasteiger charge is 2.21. The van der Waals surface area contributed by atoms with Gasteiger partial charge in [-0.25, -0.2) is 9.78 Å². The highest BCUT2D eigenvalue weighted by molar-refractivity contribution is 7.09. The van der Waals surface area contributed by atoms with E-state index in [1.807, 2.05) is 36.1 Å². The van der Waals surface area contributed by atoms with Gasteiger partial charge in [0.05, 0.1) is 10.7 Å². The number of hydrogen-bond acceptors (Lipinski definition) is 5. The molecule has 0 saturated carbocycles. The number of benzene rings is 1. The summed E-state index contributed by atoms with van der Waals surface area (Å²) in [5, 5.41) is 6.11. The van der Waals surface area contributed by atoms with Crippen molar-refractivity contribution in [3.05, 3.63) is 40.3 Å². The lowest BCUT2D eigenvalue weighted by Gasteiger charge is -2.34. The van der Waals surface area contributed by atoms with Crippen LogP contribution in [-0.2, 0) is 11.3 Å². The SMILES string of the molecule is CC(=O)N(C)c1ccc(NC(=O)N2CCN(Cc3csc(C)n3)CC2)cc1. The number of aryl methyl sites for hydroxylation is 1. The Hall–Kier alpha value is -2.45. The Morgan fingerprint density at radius 3 is 2.41 bits per heavy atom. The van der Waals surface area contributed by atoms with Gasteiger partial charge in [-0.05, 0) is 31.2 Å². The molecule has 8 heteroatoms. The number of nitrogens with one attached hydrogen (secondary N) is 1. The van der Waals surface area contributed by atoms with E-state index in [-0.39, 0.29) is 11.9 Å². The van der Waals surface area contributed by atoms with E-state index in [9.17, 15) is 9.59 Å². The zero-order chi connectivity index (χ0) is 19.4. The van der Waals surface area contributed by atoms with Crippen molar-refractivity contribution in [2.75, 3.05) is 43.4 Å². The van der Waals surface area contributed by atoms with Crippen LogP contribution in [0.2, 0.25) is 0 Å². The average molecular weight is 388 g/mol. The van der Waals surface area contributed by atoms with Crippen LogP contribution in [0.15, 0.2) is 29.6 Å². The van der Waals surface area contributed by atoms with E-state index in [2.05, 4.69) is 20.6 Å². The molecule has 0 radical (unpaired) electrons. The maximum absolute atomic E-state index is 12.5. The lowest BCUT2D eigenvalue weighted by molar-refractivity contribution is -0.116. The molecule has 2 aromatic rings. The fourth-order valence-electron chi connectivity index (χ4n) is 2.97. The molecular weight excluding hydrogens is 362 g/mol. The molecule has 1 saturated heterocycles. The number of anilines is 2. The van der Waals surface area contributed by atoms with Crippen molar-refractivity contribution in [3.8, 4) is 0 Å². The Balaban J connectivity index is 1.48. The molecule has 0 atom stereocenters. The van der Waals surface area contributed by atoms with E-state index >= 15 is 0 Å². The highest BCUT2D eigenvalue weighted by atomic mass is 32.1. The Labute approximate surface area is 163 Å². The van der Waals surface area contributed by atoms with Crippen LogP contribution in [0.3, 0.4) is 0 Å². The van der Waals surface area contributed by atoms with Crippen LogP contribution < -0.4 is 10.2 Å². The van der Waals surface area contributed by atoms with E-state index in [4.69, 9.17) is 0 Å². The van der Waals surface area contributed by atoms with E-state index in [0.717, 1.165) is 41.7 Å². The van der Waals surface area contributed by atoms with Gasteiger partial charge in [0.25, 0.3) is 0 Å². The summed E-state index contributed by atoms with van der Waals surface area (Å²) in [5.74, 6) is -0.0301. The first kappa shape index (κ1) is 19.3. The van der Waals surface area contributed by atoms with Crippen molar-refractivity contribution in [2.24, 2.45) is 0 Å². The number of hydrogen-bond donors (Lipinski definition) is 1. The number of carbonyl (C=O) groups excluding carboxylic acids is 2. The third-order valence-corrected chi connectivity index (χ3v) is 5.51. The molecule has 1 fully saturated rings. The van der Waals surface area contributed by atoms with Gasteiger partial charge < -0.3 is 15.1 Å². The van der Waals surface area contributed by atoms with Gasteiger partial charge in [0.1, 0.15) is 0 Å². The Kier molecular flexibility index (Phi) is 6.08. The first-order valence-corrected chi connectivity index (χ1v) is 9.84. The molecule has 27 heavy (non-hydrogen) atoms. The first-order chi connectivity index (χ1) is 12.9. The summed E-state index contributed by atoms with van der Waals surface area (Å²) in [6.45, 7) is 7.44. The second kappa shape index (κ2) is 8.49. The number of nitrogens with zero attached hydrogens (tertiary/aromatic N) is 4. The van der Waals surface area contributed by atoms with Crippen molar-refractivity contribution < 1.29 is 9.59 Å². The Morgan fingerprint density at radius 2 is 1.85 bits per heavy atom. The molecule has 3 rings (SSSR count). The number of urea groups is 1. The minimum atomic E-state index is -0.0909. The molecule has 1 N–H and O–H groups in total. The van der Waals surface area contributed by atoms with Crippen molar-refractivity contribution >= 4 is 34.6 Å². The molecule has 1 aliphatic heterocycles. The summed E-state index contributed by atoms with van der Waals surface area (Å²) in [5.41, 5.74) is 2.62. The third kappa shape index (κ3) is 5.05. The molecule has 2 heterocycles. The number of amides is 3. The standard InChI is InChI=1S/C19H25N5O2S/c1-14-20-17(13-27-14)12-23-8-10-24(11-9-23)19(26)21-16-4-6-18(7-5-16)22(3)15(2)25/h4-7,13H,8-12H2,1-3H3,(H,21,26). The predicted molar refractivity (Wildman–Crippen MR) is 108 cm³/mol. The Bertz CT molecular complexity index is 797. The fraction of sp³-hybridized carbons (Fsp3) is 0.421. The molecule has 3 amide bonds. The Morgan fingerprint density at radius 1 is 1.19 bits per heavy atom. The number of carbonyl (C=O) groups is 2. The number of thiazole rings is 1. The lowest BCUT2D eigenvalue weighted by atomic mass is 10.2. The van der Waals surface area contributed by atoms with Gasteiger partial charge in [0, 0.05) is 63.5 Å². The molecule has 0 bridgehead atoms. The van der Waals surface area contributed by atoms with Crippen molar-refractivity contribution in [1.29, 1.82) is 0 Å². The third-order valence-electron chi connectivity index (χ3n) is 4.69. The summed E-state index contributed by atoms with van der Waals surface area (Å²) in [6, 6.07) is 7.18. The van der Waals surface area contributed by atoms with Crippen LogP contribution in [0.25, 0.3) is 0 Å². The van der Waals surface area contributed by atoms with E-state index in [0.29, 0.717) is 13.1 Å². The largest absolute Gasteiger partial charge is 0.322 e. The highest BCUT2D eigenvalue weighted by Crippen LogP contribution is 2.18. The van der Waals surface area contributed by atoms with Crippen molar-refractivity contribution in [1.82, 2.24) is 14.8 Å². The van der Waals surface area contributed by atoms with Gasteiger partial charge in [-0.2, -0.15) is 0 Å². The average Bonchev–Trinajstić information content (AvgIpc) is 3.07. The maximum atomic E-state index is 12.5. The second-order valence-electron chi connectivity index (χ2n) is 6.68. The minimum Gasteiger partial charge on any atom is -0.322 e. The van der Waals surface area contributed by atoms with Crippen molar-refractivity contribution in [2.45, 2.75) is 20.4 Å². The zero-order valence-corrected chi connectivity index (χ0v) is 16.8. The van der Waals surface area contributed by atoms with Gasteiger partial charge >= 0.3 is 6.03 Å². The molecule has 144 valence electrons. The van der Waals surface area contributed by atoms with Gasteiger partial charge in [0.15, 0.2) is 0 Å². The quantitative estimate of drug-likeness (QED) is 0.876. The van der Waals surface area contributed by atoms with Gasteiger partial charge in [-0.1, -0.05) is 0 Å². The topological polar surface area (TPSA) is 68.8 Å². The maximum Gasteiger partial charge on any atom is 0.321 e. The summed E-state index contributed by atoms with van der Waals surface area (Å²) in [7, 11) is 1.72. The predicted octanol–water partition coefficient (Wildman–Crippen LogP) is 2.78. The van der Waals surface area contributed by atoms with Crippen molar-refractivity contribution in [3.63, 3.8) is 0 Å². The molecule has 0 unspecified atom stereocenters.